The maximum Gasteiger partial charge on any atom is 0.269 e. The molecule has 0 radical (unpaired) electrons. The van der Waals surface area contributed by atoms with Gasteiger partial charge in [-0.15, -0.1) is 0 Å². The Kier molecular flexibility index (Phi) is 6.66. The molecule has 2 aromatic carbocycles. The lowest BCUT2D eigenvalue weighted by Crippen LogP contribution is -2.32. The average molecular weight is 445 g/mol. The number of hydrogen-bond acceptors (Lipinski definition) is 6. The van der Waals surface area contributed by atoms with E-state index in [1.807, 2.05) is 12.1 Å². The van der Waals surface area contributed by atoms with Crippen LogP contribution in [-0.4, -0.2) is 44.4 Å². The molecule has 2 aliphatic heterocycles. The van der Waals surface area contributed by atoms with E-state index in [4.69, 9.17) is 0 Å². The fourth-order valence-electron chi connectivity index (χ4n) is 4.28. The average Bonchev–Trinajstić information content (AvgIpc) is 2.78. The molecule has 0 aliphatic carbocycles. The zero-order valence-electron chi connectivity index (χ0n) is 17.5. The molecular weight excluding hydrogens is 416 g/mol. The van der Waals surface area contributed by atoms with Crippen LogP contribution < -0.4 is 10.0 Å². The second-order valence-corrected chi connectivity index (χ2v) is 9.97. The Labute approximate surface area is 182 Å². The molecule has 0 unspecified atom stereocenters. The van der Waals surface area contributed by atoms with Crippen molar-refractivity contribution in [2.45, 2.75) is 43.7 Å². The van der Waals surface area contributed by atoms with Crippen molar-refractivity contribution in [2.75, 3.05) is 26.2 Å². The van der Waals surface area contributed by atoms with E-state index in [0.29, 0.717) is 18.0 Å². The van der Waals surface area contributed by atoms with Crippen LogP contribution in [0.4, 0.5) is 5.69 Å². The van der Waals surface area contributed by atoms with E-state index >= 15 is 0 Å². The van der Waals surface area contributed by atoms with Crippen molar-refractivity contribution < 1.29 is 13.3 Å². The van der Waals surface area contributed by atoms with E-state index in [-0.39, 0.29) is 10.6 Å². The number of rotatable bonds is 8. The van der Waals surface area contributed by atoms with Crippen LogP contribution in [0.3, 0.4) is 0 Å². The van der Waals surface area contributed by atoms with Gasteiger partial charge in [-0.1, -0.05) is 12.1 Å². The van der Waals surface area contributed by atoms with E-state index in [2.05, 4.69) is 14.9 Å². The van der Waals surface area contributed by atoms with Gasteiger partial charge in [0.1, 0.15) is 0 Å². The van der Waals surface area contributed by atoms with E-state index < -0.39 is 10.0 Å². The molecule has 0 amide bonds. The Hall–Kier alpha value is -2.33. The number of non-ortho nitro benzene ring substituents is 1. The molecule has 0 atom stereocenters. The quantitative estimate of drug-likeness (QED) is 0.368. The SMILES string of the molecule is O=[N+]([O-])c1ccc2c(c1)CN(CCCCNS(=O)(=O)c1ccc3c(c1)CCNC3)CC2. The minimum Gasteiger partial charge on any atom is -0.312 e. The van der Waals surface area contributed by atoms with Gasteiger partial charge in [-0.2, -0.15) is 0 Å². The summed E-state index contributed by atoms with van der Waals surface area (Å²) in [5.74, 6) is 0. The van der Waals surface area contributed by atoms with Gasteiger partial charge in [0.05, 0.1) is 9.82 Å². The molecule has 0 spiro atoms. The Morgan fingerprint density at radius 2 is 1.87 bits per heavy atom. The van der Waals surface area contributed by atoms with Crippen molar-refractivity contribution in [3.63, 3.8) is 0 Å². The summed E-state index contributed by atoms with van der Waals surface area (Å²) in [6.07, 6.45) is 3.34. The lowest BCUT2D eigenvalue weighted by atomic mass is 9.99. The predicted octanol–water partition coefficient (Wildman–Crippen LogP) is 2.36. The number of nitro benzene ring substituents is 1. The monoisotopic (exact) mass is 444 g/mol. The van der Waals surface area contributed by atoms with Crippen LogP contribution >= 0.6 is 0 Å². The Morgan fingerprint density at radius 3 is 2.71 bits per heavy atom. The van der Waals surface area contributed by atoms with Crippen molar-refractivity contribution in [3.05, 3.63) is 68.8 Å². The standard InChI is InChI=1S/C22H28N4O4S/c27-26(28)21-5-3-17-8-12-25(16-20(17)13-21)11-2-1-9-24-31(29,30)22-6-4-19-15-23-10-7-18(19)14-22/h3-6,13-14,23-24H,1-2,7-12,15-16H2. The van der Waals surface area contributed by atoms with Crippen molar-refractivity contribution in [2.24, 2.45) is 0 Å². The van der Waals surface area contributed by atoms with Gasteiger partial charge in [-0.05, 0) is 73.2 Å². The molecule has 2 aromatic rings. The summed E-state index contributed by atoms with van der Waals surface area (Å²) in [4.78, 5) is 13.3. The highest BCUT2D eigenvalue weighted by molar-refractivity contribution is 7.89. The molecule has 31 heavy (non-hydrogen) atoms. The largest absolute Gasteiger partial charge is 0.312 e. The molecule has 2 heterocycles. The molecule has 9 heteroatoms. The molecule has 2 aliphatic rings. The lowest BCUT2D eigenvalue weighted by Gasteiger charge is -2.28. The first-order chi connectivity index (χ1) is 14.9. The molecule has 0 fully saturated rings. The molecule has 0 bridgehead atoms. The summed E-state index contributed by atoms with van der Waals surface area (Å²) in [5, 5.41) is 14.3. The molecular formula is C22H28N4O4S. The number of fused-ring (bicyclic) bond motifs is 2. The predicted molar refractivity (Wildman–Crippen MR) is 118 cm³/mol. The third-order valence-electron chi connectivity index (χ3n) is 6.06. The van der Waals surface area contributed by atoms with E-state index in [9.17, 15) is 18.5 Å². The third kappa shape index (κ3) is 5.30. The zero-order chi connectivity index (χ0) is 21.8. The summed E-state index contributed by atoms with van der Waals surface area (Å²) < 4.78 is 27.9. The van der Waals surface area contributed by atoms with Gasteiger partial charge in [0.2, 0.25) is 10.0 Å². The minimum atomic E-state index is -3.50. The van der Waals surface area contributed by atoms with Crippen LogP contribution in [0.25, 0.3) is 0 Å². The number of hydrogen-bond donors (Lipinski definition) is 2. The number of nitrogens with zero attached hydrogens (tertiary/aromatic N) is 2. The first kappa shape index (κ1) is 21.9. The van der Waals surface area contributed by atoms with Gasteiger partial charge in [-0.3, -0.25) is 15.0 Å². The molecule has 0 saturated heterocycles. The van der Waals surface area contributed by atoms with Crippen LogP contribution in [0.2, 0.25) is 0 Å². The molecule has 8 nitrogen and oxygen atoms in total. The van der Waals surface area contributed by atoms with Crippen molar-refractivity contribution in [1.29, 1.82) is 0 Å². The summed E-state index contributed by atoms with van der Waals surface area (Å²) in [6, 6.07) is 10.5. The first-order valence-corrected chi connectivity index (χ1v) is 12.2. The van der Waals surface area contributed by atoms with Gasteiger partial charge in [0, 0.05) is 38.3 Å². The van der Waals surface area contributed by atoms with Crippen molar-refractivity contribution in [1.82, 2.24) is 14.9 Å². The summed E-state index contributed by atoms with van der Waals surface area (Å²) >= 11 is 0. The van der Waals surface area contributed by atoms with Gasteiger partial charge in [0.15, 0.2) is 0 Å². The van der Waals surface area contributed by atoms with Gasteiger partial charge in [-0.25, -0.2) is 13.1 Å². The molecule has 166 valence electrons. The van der Waals surface area contributed by atoms with E-state index in [1.165, 1.54) is 11.1 Å². The summed E-state index contributed by atoms with van der Waals surface area (Å²) in [6.45, 7) is 4.52. The fraction of sp³-hybridized carbons (Fsp3) is 0.455. The fourth-order valence-corrected chi connectivity index (χ4v) is 5.40. The van der Waals surface area contributed by atoms with Crippen LogP contribution in [0.15, 0.2) is 41.3 Å². The highest BCUT2D eigenvalue weighted by Crippen LogP contribution is 2.24. The topological polar surface area (TPSA) is 105 Å². The number of nitrogens with one attached hydrogen (secondary N) is 2. The minimum absolute atomic E-state index is 0.133. The Bertz CT molecular complexity index is 1070. The lowest BCUT2D eigenvalue weighted by molar-refractivity contribution is -0.385. The number of nitro groups is 1. The normalized spacial score (nSPS) is 16.5. The van der Waals surface area contributed by atoms with Crippen molar-refractivity contribution >= 4 is 15.7 Å². The van der Waals surface area contributed by atoms with Crippen LogP contribution in [0.1, 0.15) is 35.1 Å². The van der Waals surface area contributed by atoms with E-state index in [0.717, 1.165) is 63.0 Å². The third-order valence-corrected chi connectivity index (χ3v) is 7.52. The number of unbranched alkanes of at least 4 members (excludes halogenated alkanes) is 1. The van der Waals surface area contributed by atoms with Crippen molar-refractivity contribution in [3.8, 4) is 0 Å². The Morgan fingerprint density at radius 1 is 1.03 bits per heavy atom. The highest BCUT2D eigenvalue weighted by atomic mass is 32.2. The second kappa shape index (κ2) is 9.44. The second-order valence-electron chi connectivity index (χ2n) is 8.20. The molecule has 4 rings (SSSR count). The van der Waals surface area contributed by atoms with Gasteiger partial charge >= 0.3 is 0 Å². The maximum atomic E-state index is 12.6. The van der Waals surface area contributed by atoms with Gasteiger partial charge < -0.3 is 5.32 Å². The first-order valence-electron chi connectivity index (χ1n) is 10.7. The molecule has 0 aromatic heterocycles. The molecule has 0 saturated carbocycles. The smallest absolute Gasteiger partial charge is 0.269 e. The summed E-state index contributed by atoms with van der Waals surface area (Å²) in [5.41, 5.74) is 4.60. The maximum absolute atomic E-state index is 12.6. The van der Waals surface area contributed by atoms with Crippen LogP contribution in [0, 0.1) is 10.1 Å². The van der Waals surface area contributed by atoms with Gasteiger partial charge in [0.25, 0.3) is 5.69 Å². The van der Waals surface area contributed by atoms with Crippen LogP contribution in [-0.2, 0) is 36.0 Å². The highest BCUT2D eigenvalue weighted by Gasteiger charge is 2.20. The molecule has 2 N–H and O–H groups in total. The number of benzene rings is 2. The van der Waals surface area contributed by atoms with E-state index in [1.54, 1.807) is 24.3 Å². The van der Waals surface area contributed by atoms with Crippen LogP contribution in [0.5, 0.6) is 0 Å². The zero-order valence-corrected chi connectivity index (χ0v) is 18.3. The number of sulfonamides is 1. The summed E-state index contributed by atoms with van der Waals surface area (Å²) in [7, 11) is -3.50. The Balaban J connectivity index is 1.24.